The van der Waals surface area contributed by atoms with E-state index in [1.165, 1.54) is 17.2 Å². The standard InChI is InChI=1S/C11H14N8O3/c1-13-9-7-10(15-3-14-9)19(4-16-7)11-8(21)6(17-18-12)5(2-20)22-11/h3-6,8,11,20-21H,2H2,1H3,(H,13,14,15)/t5-,6-,8-,11-/m1/s1. The molecule has 0 spiro atoms. The maximum Gasteiger partial charge on any atom is 0.167 e. The molecule has 1 saturated heterocycles. The summed E-state index contributed by atoms with van der Waals surface area (Å²) in [6.45, 7) is -0.374. The van der Waals surface area contributed by atoms with Crippen LogP contribution in [0.15, 0.2) is 17.8 Å². The van der Waals surface area contributed by atoms with Crippen LogP contribution in [0.25, 0.3) is 21.6 Å². The molecule has 0 saturated carbocycles. The van der Waals surface area contributed by atoms with Crippen molar-refractivity contribution < 1.29 is 14.9 Å². The summed E-state index contributed by atoms with van der Waals surface area (Å²) in [5.74, 6) is 0.543. The van der Waals surface area contributed by atoms with Crippen LogP contribution < -0.4 is 5.32 Å². The highest BCUT2D eigenvalue weighted by atomic mass is 16.5. The lowest BCUT2D eigenvalue weighted by atomic mass is 10.1. The van der Waals surface area contributed by atoms with Gasteiger partial charge in [0.15, 0.2) is 17.7 Å². The minimum absolute atomic E-state index is 0.374. The molecule has 22 heavy (non-hydrogen) atoms. The monoisotopic (exact) mass is 306 g/mol. The molecule has 0 aromatic carbocycles. The van der Waals surface area contributed by atoms with Crippen molar-refractivity contribution in [2.24, 2.45) is 5.11 Å². The SMILES string of the molecule is CNc1ncnc2c1ncn2[C@@H]1O[C@H](CO)[C@@H](N=[N+]=[N-])[C@H]1O. The Morgan fingerprint density at radius 2 is 2.32 bits per heavy atom. The molecule has 11 heteroatoms. The zero-order valence-corrected chi connectivity index (χ0v) is 11.6. The second-order valence-electron chi connectivity index (χ2n) is 4.73. The number of hydrogen-bond acceptors (Lipinski definition) is 8. The van der Waals surface area contributed by atoms with Gasteiger partial charge in [0.05, 0.1) is 25.1 Å². The van der Waals surface area contributed by atoms with Gasteiger partial charge in [0.25, 0.3) is 0 Å². The zero-order chi connectivity index (χ0) is 15.7. The van der Waals surface area contributed by atoms with Gasteiger partial charge in [-0.05, 0) is 5.53 Å². The normalized spacial score (nSPS) is 27.8. The molecule has 0 unspecified atom stereocenters. The molecule has 0 amide bonds. The molecular formula is C11H14N8O3. The number of imidazole rings is 1. The van der Waals surface area contributed by atoms with E-state index in [1.807, 2.05) is 0 Å². The van der Waals surface area contributed by atoms with Crippen molar-refractivity contribution in [1.29, 1.82) is 0 Å². The molecule has 0 aliphatic carbocycles. The molecule has 116 valence electrons. The molecule has 11 nitrogen and oxygen atoms in total. The van der Waals surface area contributed by atoms with Crippen molar-refractivity contribution in [3.8, 4) is 0 Å². The summed E-state index contributed by atoms with van der Waals surface area (Å²) in [5, 5.41) is 26.0. The van der Waals surface area contributed by atoms with E-state index in [4.69, 9.17) is 10.3 Å². The van der Waals surface area contributed by atoms with Gasteiger partial charge in [0.1, 0.15) is 17.9 Å². The molecule has 2 aromatic heterocycles. The highest BCUT2D eigenvalue weighted by Crippen LogP contribution is 2.33. The van der Waals surface area contributed by atoms with E-state index in [1.54, 1.807) is 7.05 Å². The van der Waals surface area contributed by atoms with E-state index in [2.05, 4.69) is 30.3 Å². The average molecular weight is 306 g/mol. The number of aliphatic hydroxyl groups excluding tert-OH is 2. The lowest BCUT2D eigenvalue weighted by Gasteiger charge is -2.16. The number of fused-ring (bicyclic) bond motifs is 1. The number of ether oxygens (including phenoxy) is 1. The van der Waals surface area contributed by atoms with Crippen LogP contribution in [-0.4, -0.2) is 61.6 Å². The zero-order valence-electron chi connectivity index (χ0n) is 11.6. The Morgan fingerprint density at radius 1 is 1.50 bits per heavy atom. The van der Waals surface area contributed by atoms with Gasteiger partial charge >= 0.3 is 0 Å². The Morgan fingerprint density at radius 3 is 3.00 bits per heavy atom. The Bertz CT molecular complexity index is 727. The van der Waals surface area contributed by atoms with Crippen LogP contribution in [0, 0.1) is 0 Å². The molecule has 0 radical (unpaired) electrons. The Balaban J connectivity index is 2.03. The van der Waals surface area contributed by atoms with Crippen molar-refractivity contribution in [3.05, 3.63) is 23.1 Å². The highest BCUT2D eigenvalue weighted by Gasteiger charge is 2.44. The van der Waals surface area contributed by atoms with Gasteiger partial charge in [-0.25, -0.2) is 15.0 Å². The summed E-state index contributed by atoms with van der Waals surface area (Å²) in [5.41, 5.74) is 9.56. The van der Waals surface area contributed by atoms with E-state index in [0.29, 0.717) is 17.0 Å². The lowest BCUT2D eigenvalue weighted by molar-refractivity contribution is -0.0488. The van der Waals surface area contributed by atoms with Crippen LogP contribution in [-0.2, 0) is 4.74 Å². The number of hydrogen-bond donors (Lipinski definition) is 3. The molecule has 1 aliphatic heterocycles. The van der Waals surface area contributed by atoms with Gasteiger partial charge in [-0.1, -0.05) is 5.11 Å². The van der Waals surface area contributed by atoms with E-state index >= 15 is 0 Å². The van der Waals surface area contributed by atoms with Gasteiger partial charge in [-0.3, -0.25) is 4.57 Å². The van der Waals surface area contributed by atoms with Gasteiger partial charge in [-0.15, -0.1) is 0 Å². The first kappa shape index (κ1) is 14.5. The van der Waals surface area contributed by atoms with E-state index in [-0.39, 0.29) is 6.61 Å². The van der Waals surface area contributed by atoms with Crippen LogP contribution in [0.5, 0.6) is 0 Å². The van der Waals surface area contributed by atoms with Crippen molar-refractivity contribution in [2.75, 3.05) is 19.0 Å². The first-order valence-corrected chi connectivity index (χ1v) is 6.55. The van der Waals surface area contributed by atoms with Crippen LogP contribution in [0.2, 0.25) is 0 Å². The van der Waals surface area contributed by atoms with Crippen LogP contribution in [0.1, 0.15) is 6.23 Å². The smallest absolute Gasteiger partial charge is 0.167 e. The van der Waals surface area contributed by atoms with Gasteiger partial charge in [-0.2, -0.15) is 0 Å². The number of nitrogens with one attached hydrogen (secondary N) is 1. The Kier molecular flexibility index (Phi) is 3.77. The molecule has 0 bridgehead atoms. The number of nitrogens with zero attached hydrogens (tertiary/aromatic N) is 7. The quantitative estimate of drug-likeness (QED) is 0.401. The highest BCUT2D eigenvalue weighted by molar-refractivity contribution is 5.82. The summed E-state index contributed by atoms with van der Waals surface area (Å²) >= 11 is 0. The second-order valence-corrected chi connectivity index (χ2v) is 4.73. The third-order valence-electron chi connectivity index (χ3n) is 3.57. The average Bonchev–Trinajstić information content (AvgIpc) is 3.09. The van der Waals surface area contributed by atoms with E-state index in [0.717, 1.165) is 0 Å². The first-order chi connectivity index (χ1) is 10.7. The Labute approximate surface area is 124 Å². The minimum Gasteiger partial charge on any atom is -0.394 e. The van der Waals surface area contributed by atoms with Crippen LogP contribution >= 0.6 is 0 Å². The van der Waals surface area contributed by atoms with Crippen LogP contribution in [0.3, 0.4) is 0 Å². The Hall–Kier alpha value is -2.46. The fourth-order valence-electron chi connectivity index (χ4n) is 2.53. The van der Waals surface area contributed by atoms with Crippen molar-refractivity contribution in [2.45, 2.75) is 24.5 Å². The number of azide groups is 1. The van der Waals surface area contributed by atoms with Crippen LogP contribution in [0.4, 0.5) is 5.82 Å². The summed E-state index contributed by atoms with van der Waals surface area (Å²) in [6.07, 6.45) is 0.0398. The minimum atomic E-state index is -1.13. The van der Waals surface area contributed by atoms with Gasteiger partial charge < -0.3 is 20.3 Å². The number of anilines is 1. The topological polar surface area (TPSA) is 154 Å². The molecular weight excluding hydrogens is 292 g/mol. The van der Waals surface area contributed by atoms with Crippen molar-refractivity contribution >= 4 is 17.0 Å². The number of aliphatic hydroxyl groups is 2. The van der Waals surface area contributed by atoms with E-state index in [9.17, 15) is 10.2 Å². The summed E-state index contributed by atoms with van der Waals surface area (Å²) in [6, 6.07) is -0.886. The molecule has 1 aliphatic rings. The summed E-state index contributed by atoms with van der Waals surface area (Å²) in [4.78, 5) is 15.1. The van der Waals surface area contributed by atoms with E-state index < -0.39 is 24.5 Å². The molecule has 2 aromatic rings. The third kappa shape index (κ3) is 2.12. The maximum absolute atomic E-state index is 10.3. The third-order valence-corrected chi connectivity index (χ3v) is 3.57. The number of aromatic nitrogens is 4. The maximum atomic E-state index is 10.3. The summed E-state index contributed by atoms with van der Waals surface area (Å²) < 4.78 is 7.12. The van der Waals surface area contributed by atoms with Gasteiger partial charge in [0.2, 0.25) is 0 Å². The molecule has 3 heterocycles. The molecule has 3 N–H and O–H groups in total. The molecule has 4 atom stereocenters. The second kappa shape index (κ2) is 5.73. The predicted octanol–water partition coefficient (Wildman–Crippen LogP) is -0.203. The van der Waals surface area contributed by atoms with Gasteiger partial charge in [0, 0.05) is 12.0 Å². The first-order valence-electron chi connectivity index (χ1n) is 6.55. The fourth-order valence-corrected chi connectivity index (χ4v) is 2.53. The lowest BCUT2D eigenvalue weighted by Crippen LogP contribution is -2.31. The molecule has 1 fully saturated rings. The largest absolute Gasteiger partial charge is 0.394 e. The molecule has 3 rings (SSSR count). The van der Waals surface area contributed by atoms with Crippen molar-refractivity contribution in [3.63, 3.8) is 0 Å². The number of rotatable bonds is 4. The fraction of sp³-hybridized carbons (Fsp3) is 0.545. The predicted molar refractivity (Wildman–Crippen MR) is 74.8 cm³/mol. The van der Waals surface area contributed by atoms with Crippen molar-refractivity contribution in [1.82, 2.24) is 19.5 Å². The summed E-state index contributed by atoms with van der Waals surface area (Å²) in [7, 11) is 1.71.